The van der Waals surface area contributed by atoms with E-state index in [1.165, 1.54) is 0 Å². The molecule has 2 aromatic carbocycles. The van der Waals surface area contributed by atoms with Crippen molar-refractivity contribution in [2.45, 2.75) is 13.1 Å². The highest BCUT2D eigenvalue weighted by molar-refractivity contribution is 6.30. The van der Waals surface area contributed by atoms with Crippen LogP contribution in [0.2, 0.25) is 5.02 Å². The average Bonchev–Trinajstić information content (AvgIpc) is 3.10. The molecule has 0 spiro atoms. The summed E-state index contributed by atoms with van der Waals surface area (Å²) in [5.41, 5.74) is 1.98. The Morgan fingerprint density at radius 1 is 1.04 bits per heavy atom. The van der Waals surface area contributed by atoms with Gasteiger partial charge in [-0.1, -0.05) is 11.6 Å². The molecule has 0 fully saturated rings. The van der Waals surface area contributed by atoms with Crippen LogP contribution in [0.15, 0.2) is 53.1 Å². The third-order valence-electron chi connectivity index (χ3n) is 4.02. The molecule has 0 saturated heterocycles. The lowest BCUT2D eigenvalue weighted by molar-refractivity contribution is 0.278. The first-order chi connectivity index (χ1) is 12.6. The second-order valence-corrected chi connectivity index (χ2v) is 6.41. The van der Waals surface area contributed by atoms with Gasteiger partial charge in [0.15, 0.2) is 5.76 Å². The van der Waals surface area contributed by atoms with Crippen LogP contribution in [-0.2, 0) is 13.1 Å². The van der Waals surface area contributed by atoms with Crippen LogP contribution in [0.5, 0.6) is 11.5 Å². The topological polar surface area (TPSA) is 47.7 Å². The van der Waals surface area contributed by atoms with Gasteiger partial charge < -0.3 is 13.9 Å². The van der Waals surface area contributed by atoms with Crippen molar-refractivity contribution in [3.8, 4) is 22.8 Å². The number of rotatable bonds is 7. The van der Waals surface area contributed by atoms with E-state index in [-0.39, 0.29) is 0 Å². The largest absolute Gasteiger partial charge is 0.497 e. The van der Waals surface area contributed by atoms with Crippen molar-refractivity contribution in [1.29, 1.82) is 0 Å². The quantitative estimate of drug-likeness (QED) is 0.604. The van der Waals surface area contributed by atoms with Gasteiger partial charge in [0, 0.05) is 22.7 Å². The molecule has 1 heterocycles. The van der Waals surface area contributed by atoms with Crippen LogP contribution in [0, 0.1) is 0 Å². The minimum absolute atomic E-state index is 0.575. The van der Waals surface area contributed by atoms with Crippen LogP contribution < -0.4 is 9.47 Å². The number of benzene rings is 2. The molecule has 0 aliphatic carbocycles. The van der Waals surface area contributed by atoms with Crippen LogP contribution in [-0.4, -0.2) is 31.2 Å². The van der Waals surface area contributed by atoms with Gasteiger partial charge in [-0.3, -0.25) is 4.90 Å². The molecule has 3 aromatic rings. The van der Waals surface area contributed by atoms with Crippen LogP contribution in [0.1, 0.15) is 11.5 Å². The molecule has 0 aliphatic heterocycles. The van der Waals surface area contributed by atoms with Gasteiger partial charge in [0.05, 0.1) is 27.0 Å². The van der Waals surface area contributed by atoms with E-state index in [0.29, 0.717) is 24.0 Å². The number of oxazole rings is 1. The molecule has 0 atom stereocenters. The van der Waals surface area contributed by atoms with Gasteiger partial charge in [0.1, 0.15) is 11.5 Å². The van der Waals surface area contributed by atoms with Crippen molar-refractivity contribution in [1.82, 2.24) is 9.88 Å². The fourth-order valence-electron chi connectivity index (χ4n) is 2.72. The fourth-order valence-corrected chi connectivity index (χ4v) is 2.92. The lowest BCUT2D eigenvalue weighted by Gasteiger charge is -2.17. The van der Waals surface area contributed by atoms with Crippen LogP contribution in [0.25, 0.3) is 11.3 Å². The number of aromatic nitrogens is 1. The van der Waals surface area contributed by atoms with Crippen molar-refractivity contribution in [3.63, 3.8) is 0 Å². The molecule has 136 valence electrons. The molecular formula is C20H21ClN2O3. The van der Waals surface area contributed by atoms with Gasteiger partial charge in [-0.25, -0.2) is 4.98 Å². The number of hydrogen-bond acceptors (Lipinski definition) is 5. The Bertz CT molecular complexity index is 862. The lowest BCUT2D eigenvalue weighted by Crippen LogP contribution is -2.17. The summed E-state index contributed by atoms with van der Waals surface area (Å²) in [5, 5.41) is 0.687. The highest BCUT2D eigenvalue weighted by atomic mass is 35.5. The number of methoxy groups -OCH3 is 2. The summed E-state index contributed by atoms with van der Waals surface area (Å²) in [6.45, 7) is 1.25. The first-order valence-corrected chi connectivity index (χ1v) is 8.57. The van der Waals surface area contributed by atoms with E-state index < -0.39 is 0 Å². The number of hydrogen-bond donors (Lipinski definition) is 0. The first kappa shape index (κ1) is 18.3. The molecule has 6 heteroatoms. The van der Waals surface area contributed by atoms with Crippen molar-refractivity contribution >= 4 is 11.6 Å². The van der Waals surface area contributed by atoms with E-state index in [9.17, 15) is 0 Å². The summed E-state index contributed by atoms with van der Waals surface area (Å²) in [7, 11) is 5.30. The standard InChI is InChI=1S/C20H21ClN2O3/c1-23(12-15-10-16(21)6-9-18(15)25-3)13-20-22-11-19(26-20)14-4-7-17(24-2)8-5-14/h4-11H,12-13H2,1-3H3. The van der Waals surface area contributed by atoms with E-state index in [1.54, 1.807) is 20.4 Å². The Kier molecular flexibility index (Phi) is 5.81. The fraction of sp³-hybridized carbons (Fsp3) is 0.250. The zero-order valence-electron chi connectivity index (χ0n) is 15.0. The number of nitrogens with zero attached hydrogens (tertiary/aromatic N) is 2. The van der Waals surface area contributed by atoms with Gasteiger partial charge >= 0.3 is 0 Å². The molecule has 0 N–H and O–H groups in total. The molecule has 0 bridgehead atoms. The highest BCUT2D eigenvalue weighted by Crippen LogP contribution is 2.26. The predicted molar refractivity (Wildman–Crippen MR) is 102 cm³/mol. The predicted octanol–water partition coefficient (Wildman–Crippen LogP) is 4.64. The maximum absolute atomic E-state index is 6.10. The summed E-state index contributed by atoms with van der Waals surface area (Å²) in [4.78, 5) is 6.48. The Hall–Kier alpha value is -2.50. The molecule has 1 aromatic heterocycles. The summed E-state index contributed by atoms with van der Waals surface area (Å²) in [5.74, 6) is 3.01. The molecule has 0 radical (unpaired) electrons. The van der Waals surface area contributed by atoms with Crippen molar-refractivity contribution in [2.24, 2.45) is 0 Å². The average molecular weight is 373 g/mol. The van der Waals surface area contributed by atoms with Gasteiger partial charge in [-0.15, -0.1) is 0 Å². The Morgan fingerprint density at radius 2 is 1.81 bits per heavy atom. The van der Waals surface area contributed by atoms with Crippen LogP contribution in [0.4, 0.5) is 0 Å². The van der Waals surface area contributed by atoms with E-state index in [1.807, 2.05) is 49.5 Å². The second-order valence-electron chi connectivity index (χ2n) is 5.98. The van der Waals surface area contributed by atoms with Gasteiger partial charge in [0.25, 0.3) is 0 Å². The maximum atomic E-state index is 6.10. The molecule has 0 aliphatic rings. The molecule has 3 rings (SSSR count). The molecule has 5 nitrogen and oxygen atoms in total. The van der Waals surface area contributed by atoms with Crippen LogP contribution in [0.3, 0.4) is 0 Å². The number of ether oxygens (including phenoxy) is 2. The first-order valence-electron chi connectivity index (χ1n) is 8.19. The zero-order valence-corrected chi connectivity index (χ0v) is 15.8. The van der Waals surface area contributed by atoms with E-state index in [0.717, 1.165) is 28.4 Å². The van der Waals surface area contributed by atoms with Gasteiger partial charge in [-0.05, 0) is 49.5 Å². The van der Waals surface area contributed by atoms with Crippen LogP contribution >= 0.6 is 11.6 Å². The lowest BCUT2D eigenvalue weighted by atomic mass is 10.2. The van der Waals surface area contributed by atoms with Crippen molar-refractivity contribution in [3.05, 3.63) is 65.1 Å². The minimum Gasteiger partial charge on any atom is -0.497 e. The van der Waals surface area contributed by atoms with Crippen molar-refractivity contribution < 1.29 is 13.9 Å². The third kappa shape index (κ3) is 4.36. The van der Waals surface area contributed by atoms with E-state index in [4.69, 9.17) is 25.5 Å². The van der Waals surface area contributed by atoms with E-state index >= 15 is 0 Å². The molecular weight excluding hydrogens is 352 g/mol. The Balaban J connectivity index is 1.67. The Morgan fingerprint density at radius 3 is 2.50 bits per heavy atom. The summed E-state index contributed by atoms with van der Waals surface area (Å²) < 4.78 is 16.5. The molecule has 0 unspecified atom stereocenters. The second kappa shape index (κ2) is 8.25. The zero-order chi connectivity index (χ0) is 18.5. The maximum Gasteiger partial charge on any atom is 0.209 e. The SMILES string of the molecule is COc1ccc(-c2cnc(CN(C)Cc3cc(Cl)ccc3OC)o2)cc1. The monoisotopic (exact) mass is 372 g/mol. The Labute approximate surface area is 158 Å². The van der Waals surface area contributed by atoms with Crippen molar-refractivity contribution in [2.75, 3.05) is 21.3 Å². The highest BCUT2D eigenvalue weighted by Gasteiger charge is 2.12. The van der Waals surface area contributed by atoms with E-state index in [2.05, 4.69) is 9.88 Å². The summed E-state index contributed by atoms with van der Waals surface area (Å²) in [6, 6.07) is 13.3. The third-order valence-corrected chi connectivity index (χ3v) is 4.25. The molecule has 0 saturated carbocycles. The number of halogens is 1. The molecule has 26 heavy (non-hydrogen) atoms. The summed E-state index contributed by atoms with van der Waals surface area (Å²) >= 11 is 6.10. The van der Waals surface area contributed by atoms with Gasteiger partial charge in [0.2, 0.25) is 5.89 Å². The molecule has 0 amide bonds. The normalized spacial score (nSPS) is 11.0. The minimum atomic E-state index is 0.575. The summed E-state index contributed by atoms with van der Waals surface area (Å²) in [6.07, 6.45) is 1.74. The van der Waals surface area contributed by atoms with Gasteiger partial charge in [-0.2, -0.15) is 0 Å². The smallest absolute Gasteiger partial charge is 0.209 e.